The lowest BCUT2D eigenvalue weighted by atomic mass is 10.2. The predicted molar refractivity (Wildman–Crippen MR) is 104 cm³/mol. The van der Waals surface area contributed by atoms with Gasteiger partial charge in [0.1, 0.15) is 0 Å². The quantitative estimate of drug-likeness (QED) is 0.583. The van der Waals surface area contributed by atoms with Crippen molar-refractivity contribution in [3.05, 3.63) is 36.4 Å². The standard InChI is InChI=1S/C16H17BrClN3O4S/c17-12-11(18)2-10-13(19-16(24)20-15(10)23)14(12)26-6-8(22)3-21-4-9-1-7(21)5-25-9/h2,7-9,22H,1,3-6H2,(H2,19,20,23,24)/t7-,8+,9-/m0/s1. The van der Waals surface area contributed by atoms with Crippen molar-refractivity contribution in [2.45, 2.75) is 29.6 Å². The number of thioether (sulfide) groups is 1. The number of aliphatic hydroxyl groups is 1. The fourth-order valence-electron chi connectivity index (χ4n) is 3.56. The van der Waals surface area contributed by atoms with Gasteiger partial charge in [0, 0.05) is 29.8 Å². The number of fused-ring (bicyclic) bond motifs is 3. The molecule has 2 aliphatic heterocycles. The second-order valence-corrected chi connectivity index (χ2v) is 8.83. The average Bonchev–Trinajstić information content (AvgIpc) is 3.19. The van der Waals surface area contributed by atoms with Crippen LogP contribution in [0, 0.1) is 0 Å². The van der Waals surface area contributed by atoms with Gasteiger partial charge in [-0.15, -0.1) is 11.8 Å². The van der Waals surface area contributed by atoms with Crippen molar-refractivity contribution in [1.82, 2.24) is 14.9 Å². The molecular formula is C16H17BrClN3O4S. The maximum Gasteiger partial charge on any atom is 0.326 e. The van der Waals surface area contributed by atoms with Crippen LogP contribution < -0.4 is 11.2 Å². The summed E-state index contributed by atoms with van der Waals surface area (Å²) in [6, 6.07) is 1.91. The highest BCUT2D eigenvalue weighted by Crippen LogP contribution is 2.38. The number of aromatic nitrogens is 2. The minimum Gasteiger partial charge on any atom is -0.391 e. The Morgan fingerprint density at radius 3 is 2.96 bits per heavy atom. The number of nitrogens with zero attached hydrogens (tertiary/aromatic N) is 1. The van der Waals surface area contributed by atoms with Gasteiger partial charge in [0.05, 0.1) is 39.2 Å². The summed E-state index contributed by atoms with van der Waals surface area (Å²) in [7, 11) is 0. The molecule has 2 saturated heterocycles. The highest BCUT2D eigenvalue weighted by molar-refractivity contribution is 9.10. The van der Waals surface area contributed by atoms with Crippen LogP contribution in [0.3, 0.4) is 0 Å². The summed E-state index contributed by atoms with van der Waals surface area (Å²) in [5.41, 5.74) is -0.651. The molecule has 140 valence electrons. The van der Waals surface area contributed by atoms with Crippen LogP contribution in [0.25, 0.3) is 10.9 Å². The van der Waals surface area contributed by atoms with E-state index in [-0.39, 0.29) is 0 Å². The molecule has 1 aromatic carbocycles. The Balaban J connectivity index is 1.54. The molecule has 2 aliphatic rings. The van der Waals surface area contributed by atoms with E-state index in [1.807, 2.05) is 0 Å². The van der Waals surface area contributed by atoms with Gasteiger partial charge in [0.15, 0.2) is 0 Å². The molecule has 7 nitrogen and oxygen atoms in total. The molecule has 2 fully saturated rings. The normalized spacial score (nSPS) is 23.8. The summed E-state index contributed by atoms with van der Waals surface area (Å²) in [6.45, 7) is 2.17. The fourth-order valence-corrected chi connectivity index (χ4v) is 5.48. The lowest BCUT2D eigenvalue weighted by molar-refractivity contribution is 0.0139. The SMILES string of the molecule is O=c1[nH]c(=O)c2cc(Cl)c(Br)c(SC[C@H](O)CN3C[C@@H]4C[C@H]3CO4)c2[nH]1. The maximum absolute atomic E-state index is 12.0. The second kappa shape index (κ2) is 7.29. The van der Waals surface area contributed by atoms with Crippen LogP contribution >= 0.6 is 39.3 Å². The molecule has 4 rings (SSSR count). The van der Waals surface area contributed by atoms with Crippen molar-refractivity contribution < 1.29 is 9.84 Å². The van der Waals surface area contributed by atoms with E-state index in [0.29, 0.717) is 49.7 Å². The van der Waals surface area contributed by atoms with Crippen LogP contribution in [0.4, 0.5) is 0 Å². The van der Waals surface area contributed by atoms with Crippen molar-refractivity contribution in [2.75, 3.05) is 25.4 Å². The molecule has 0 radical (unpaired) electrons. The van der Waals surface area contributed by atoms with Crippen LogP contribution in [0.15, 0.2) is 25.0 Å². The van der Waals surface area contributed by atoms with E-state index in [0.717, 1.165) is 19.6 Å². The number of hydrogen-bond donors (Lipinski definition) is 3. The molecule has 3 atom stereocenters. The first kappa shape index (κ1) is 18.5. The number of likely N-dealkylation sites (tertiary alicyclic amines) is 1. The summed E-state index contributed by atoms with van der Waals surface area (Å²) in [5.74, 6) is 0.414. The zero-order valence-electron chi connectivity index (χ0n) is 13.6. The Morgan fingerprint density at radius 2 is 2.27 bits per heavy atom. The molecule has 3 heterocycles. The third kappa shape index (κ3) is 3.48. The number of benzene rings is 1. The van der Waals surface area contributed by atoms with E-state index < -0.39 is 17.4 Å². The van der Waals surface area contributed by atoms with Crippen molar-refractivity contribution in [3.63, 3.8) is 0 Å². The molecule has 2 aromatic rings. The number of halogens is 2. The van der Waals surface area contributed by atoms with Crippen molar-refractivity contribution in [1.29, 1.82) is 0 Å². The molecule has 0 unspecified atom stereocenters. The van der Waals surface area contributed by atoms with Gasteiger partial charge in [-0.3, -0.25) is 14.7 Å². The Labute approximate surface area is 166 Å². The molecule has 3 N–H and O–H groups in total. The van der Waals surface area contributed by atoms with Gasteiger partial charge in [0.2, 0.25) is 0 Å². The highest BCUT2D eigenvalue weighted by Gasteiger charge is 2.39. The minimum absolute atomic E-state index is 0.294. The van der Waals surface area contributed by atoms with Crippen LogP contribution in [0.5, 0.6) is 0 Å². The number of β-amino-alcohol motifs (C(OH)–C–C–N with tert-alkyl or cyclic N) is 1. The summed E-state index contributed by atoms with van der Waals surface area (Å²) < 4.78 is 6.17. The number of aromatic amines is 2. The summed E-state index contributed by atoms with van der Waals surface area (Å²) in [4.78, 5) is 31.4. The van der Waals surface area contributed by atoms with E-state index in [1.165, 1.54) is 17.8 Å². The Kier molecular flexibility index (Phi) is 5.19. The van der Waals surface area contributed by atoms with Crippen LogP contribution in [0.2, 0.25) is 5.02 Å². The topological polar surface area (TPSA) is 98.4 Å². The van der Waals surface area contributed by atoms with Gasteiger partial charge in [-0.2, -0.15) is 0 Å². The number of rotatable bonds is 5. The molecule has 1 aromatic heterocycles. The number of hydrogen-bond acceptors (Lipinski definition) is 6. The van der Waals surface area contributed by atoms with E-state index in [2.05, 4.69) is 30.8 Å². The largest absolute Gasteiger partial charge is 0.391 e. The Hall–Kier alpha value is -0.840. The minimum atomic E-state index is -0.577. The zero-order chi connectivity index (χ0) is 18.4. The first-order chi connectivity index (χ1) is 12.4. The second-order valence-electron chi connectivity index (χ2n) is 6.60. The van der Waals surface area contributed by atoms with E-state index in [9.17, 15) is 14.7 Å². The monoisotopic (exact) mass is 461 g/mol. The van der Waals surface area contributed by atoms with E-state index in [1.54, 1.807) is 0 Å². The summed E-state index contributed by atoms with van der Waals surface area (Å²) >= 11 is 11.0. The van der Waals surface area contributed by atoms with Gasteiger partial charge in [-0.25, -0.2) is 4.79 Å². The van der Waals surface area contributed by atoms with Crippen molar-refractivity contribution in [2.24, 2.45) is 0 Å². The Bertz CT molecular complexity index is 965. The molecule has 0 saturated carbocycles. The first-order valence-electron chi connectivity index (χ1n) is 8.23. The highest BCUT2D eigenvalue weighted by atomic mass is 79.9. The number of aliphatic hydroxyl groups excluding tert-OH is 1. The van der Waals surface area contributed by atoms with Crippen LogP contribution in [-0.4, -0.2) is 63.7 Å². The third-order valence-corrected chi connectivity index (χ3v) is 7.63. The predicted octanol–water partition coefficient (Wildman–Crippen LogP) is 1.56. The fraction of sp³-hybridized carbons (Fsp3) is 0.500. The Morgan fingerprint density at radius 1 is 1.46 bits per heavy atom. The smallest absolute Gasteiger partial charge is 0.326 e. The molecule has 26 heavy (non-hydrogen) atoms. The van der Waals surface area contributed by atoms with Crippen LogP contribution in [-0.2, 0) is 4.74 Å². The van der Waals surface area contributed by atoms with Gasteiger partial charge in [-0.05, 0) is 28.4 Å². The molecular weight excluding hydrogens is 446 g/mol. The molecule has 0 amide bonds. The first-order valence-corrected chi connectivity index (χ1v) is 10.4. The maximum atomic E-state index is 12.0. The lowest BCUT2D eigenvalue weighted by Crippen LogP contribution is -2.42. The molecule has 0 aliphatic carbocycles. The number of morpholine rings is 1. The lowest BCUT2D eigenvalue weighted by Gasteiger charge is -2.28. The number of ether oxygens (including phenoxy) is 1. The summed E-state index contributed by atoms with van der Waals surface area (Å²) in [6.07, 6.45) is 0.783. The van der Waals surface area contributed by atoms with Gasteiger partial charge in [0.25, 0.3) is 5.56 Å². The van der Waals surface area contributed by atoms with Gasteiger partial charge >= 0.3 is 5.69 Å². The molecule has 10 heteroatoms. The van der Waals surface area contributed by atoms with Gasteiger partial charge < -0.3 is 14.8 Å². The van der Waals surface area contributed by atoms with Gasteiger partial charge in [-0.1, -0.05) is 11.6 Å². The van der Waals surface area contributed by atoms with E-state index in [4.69, 9.17) is 16.3 Å². The number of nitrogens with one attached hydrogen (secondary N) is 2. The zero-order valence-corrected chi connectivity index (χ0v) is 16.8. The molecule has 2 bridgehead atoms. The van der Waals surface area contributed by atoms with Crippen molar-refractivity contribution >= 4 is 50.2 Å². The average molecular weight is 463 g/mol. The third-order valence-electron chi connectivity index (χ3n) is 4.77. The van der Waals surface area contributed by atoms with Crippen LogP contribution in [0.1, 0.15) is 6.42 Å². The summed E-state index contributed by atoms with van der Waals surface area (Å²) in [5, 5.41) is 11.1. The number of H-pyrrole nitrogens is 2. The van der Waals surface area contributed by atoms with E-state index >= 15 is 0 Å². The van der Waals surface area contributed by atoms with Crippen molar-refractivity contribution in [3.8, 4) is 0 Å². The molecule has 0 spiro atoms.